The molecule has 0 heterocycles. The first-order valence-corrected chi connectivity index (χ1v) is 7.22. The summed E-state index contributed by atoms with van der Waals surface area (Å²) in [5.74, 6) is -2.47. The fourth-order valence-corrected chi connectivity index (χ4v) is 2.68. The zero-order valence-electron chi connectivity index (χ0n) is 11.7. The van der Waals surface area contributed by atoms with Gasteiger partial charge in [-0.25, -0.2) is 4.79 Å². The third-order valence-corrected chi connectivity index (χ3v) is 3.85. The molecule has 1 aromatic rings. The Balaban J connectivity index is 2.06. The number of Topliss-reactive ketones (excluding diaryl/α,β-unsaturated/α-hetero) is 1. The molecule has 0 saturated heterocycles. The van der Waals surface area contributed by atoms with Gasteiger partial charge in [0.1, 0.15) is 0 Å². The van der Waals surface area contributed by atoms with E-state index in [1.54, 1.807) is 30.3 Å². The Labute approximate surface area is 123 Å². The van der Waals surface area contributed by atoms with Crippen LogP contribution in [0.1, 0.15) is 42.5 Å². The number of carbonyl (C=O) groups excluding carboxylic acids is 2. The van der Waals surface area contributed by atoms with E-state index in [1.165, 1.54) is 0 Å². The Morgan fingerprint density at radius 2 is 1.67 bits per heavy atom. The standard InChI is InChI=1S/C16H19NO4/c18-14(11-7-3-1-4-8-11)13(16(20)21)17-15(19)12-9-5-2-6-10-12/h2,5-6,9-11,13H,1,3-4,7-8H2,(H,17,19)(H,20,21). The minimum atomic E-state index is -1.46. The molecule has 1 atom stereocenters. The van der Waals surface area contributed by atoms with Gasteiger partial charge in [0.2, 0.25) is 0 Å². The van der Waals surface area contributed by atoms with E-state index in [2.05, 4.69) is 5.32 Å². The lowest BCUT2D eigenvalue weighted by Gasteiger charge is -2.23. The molecule has 0 aromatic heterocycles. The molecule has 1 aromatic carbocycles. The molecule has 1 saturated carbocycles. The number of carboxylic acids is 1. The molecule has 2 rings (SSSR count). The van der Waals surface area contributed by atoms with Gasteiger partial charge in [-0.1, -0.05) is 37.5 Å². The van der Waals surface area contributed by atoms with E-state index in [4.69, 9.17) is 0 Å². The van der Waals surface area contributed by atoms with Crippen molar-refractivity contribution in [1.82, 2.24) is 5.32 Å². The van der Waals surface area contributed by atoms with Crippen molar-refractivity contribution in [3.63, 3.8) is 0 Å². The molecule has 5 nitrogen and oxygen atoms in total. The first-order valence-electron chi connectivity index (χ1n) is 7.22. The predicted octanol–water partition coefficient (Wildman–Crippen LogP) is 2.02. The maximum atomic E-state index is 12.3. The summed E-state index contributed by atoms with van der Waals surface area (Å²) in [4.78, 5) is 35.6. The quantitative estimate of drug-likeness (QED) is 0.812. The van der Waals surface area contributed by atoms with E-state index in [9.17, 15) is 19.5 Å². The molecule has 0 aliphatic heterocycles. The van der Waals surface area contributed by atoms with Gasteiger partial charge in [0.15, 0.2) is 11.8 Å². The second kappa shape index (κ2) is 7.02. The van der Waals surface area contributed by atoms with Crippen LogP contribution in [0.5, 0.6) is 0 Å². The highest BCUT2D eigenvalue weighted by molar-refractivity contribution is 6.08. The molecule has 1 fully saturated rings. The van der Waals surface area contributed by atoms with Crippen molar-refractivity contribution in [1.29, 1.82) is 0 Å². The minimum Gasteiger partial charge on any atom is -0.479 e. The Morgan fingerprint density at radius 1 is 1.05 bits per heavy atom. The van der Waals surface area contributed by atoms with E-state index in [1.807, 2.05) is 0 Å². The topological polar surface area (TPSA) is 83.5 Å². The number of ketones is 1. The summed E-state index contributed by atoms with van der Waals surface area (Å²) in [6.07, 6.45) is 4.39. The highest BCUT2D eigenvalue weighted by atomic mass is 16.4. The number of benzene rings is 1. The van der Waals surface area contributed by atoms with Gasteiger partial charge in [-0.15, -0.1) is 0 Å². The molecule has 5 heteroatoms. The number of nitrogens with one attached hydrogen (secondary N) is 1. The molecule has 1 unspecified atom stereocenters. The molecule has 2 N–H and O–H groups in total. The minimum absolute atomic E-state index is 0.254. The number of carbonyl (C=O) groups is 3. The van der Waals surface area contributed by atoms with Crippen molar-refractivity contribution < 1.29 is 19.5 Å². The van der Waals surface area contributed by atoms with Crippen molar-refractivity contribution in [3.8, 4) is 0 Å². The van der Waals surface area contributed by atoms with Crippen LogP contribution in [-0.4, -0.2) is 28.8 Å². The van der Waals surface area contributed by atoms with Gasteiger partial charge in [0.05, 0.1) is 0 Å². The van der Waals surface area contributed by atoms with Gasteiger partial charge >= 0.3 is 5.97 Å². The summed E-state index contributed by atoms with van der Waals surface area (Å²) >= 11 is 0. The summed E-state index contributed by atoms with van der Waals surface area (Å²) in [6, 6.07) is 6.85. The maximum absolute atomic E-state index is 12.3. The predicted molar refractivity (Wildman–Crippen MR) is 76.9 cm³/mol. The number of carboxylic acid groups (broad SMARTS) is 1. The number of amides is 1. The van der Waals surface area contributed by atoms with Crippen LogP contribution < -0.4 is 5.32 Å². The van der Waals surface area contributed by atoms with Crippen LogP contribution in [0.25, 0.3) is 0 Å². The van der Waals surface area contributed by atoms with Crippen molar-refractivity contribution in [2.24, 2.45) is 5.92 Å². The second-order valence-corrected chi connectivity index (χ2v) is 5.35. The van der Waals surface area contributed by atoms with Gasteiger partial charge in [-0.2, -0.15) is 0 Å². The third-order valence-electron chi connectivity index (χ3n) is 3.85. The molecule has 0 spiro atoms. The molecule has 1 aliphatic carbocycles. The maximum Gasteiger partial charge on any atom is 0.334 e. The van der Waals surface area contributed by atoms with Crippen molar-refractivity contribution in [2.45, 2.75) is 38.1 Å². The molecular formula is C16H19NO4. The SMILES string of the molecule is O=C(NC(C(=O)O)C(=O)C1CCCCC1)c1ccccc1. The van der Waals surface area contributed by atoms with Crippen LogP contribution in [0.2, 0.25) is 0 Å². The molecule has 0 bridgehead atoms. The van der Waals surface area contributed by atoms with E-state index < -0.39 is 17.9 Å². The fourth-order valence-electron chi connectivity index (χ4n) is 2.68. The van der Waals surface area contributed by atoms with E-state index in [-0.39, 0.29) is 11.7 Å². The summed E-state index contributed by atoms with van der Waals surface area (Å²) in [5.41, 5.74) is 0.347. The van der Waals surface area contributed by atoms with Gasteiger partial charge in [-0.3, -0.25) is 9.59 Å². The normalized spacial score (nSPS) is 17.0. The summed E-state index contributed by atoms with van der Waals surface area (Å²) in [6.45, 7) is 0. The van der Waals surface area contributed by atoms with Gasteiger partial charge < -0.3 is 10.4 Å². The van der Waals surface area contributed by atoms with Crippen LogP contribution in [-0.2, 0) is 9.59 Å². The van der Waals surface area contributed by atoms with E-state index >= 15 is 0 Å². The first kappa shape index (κ1) is 15.2. The zero-order chi connectivity index (χ0) is 15.2. The Bertz CT molecular complexity index is 520. The largest absolute Gasteiger partial charge is 0.479 e. The number of aliphatic carboxylic acids is 1. The van der Waals surface area contributed by atoms with E-state index in [0.717, 1.165) is 19.3 Å². The van der Waals surface area contributed by atoms with Crippen molar-refractivity contribution >= 4 is 17.7 Å². The second-order valence-electron chi connectivity index (χ2n) is 5.35. The summed E-state index contributed by atoms with van der Waals surface area (Å²) in [7, 11) is 0. The Kier molecular flexibility index (Phi) is 5.09. The first-order chi connectivity index (χ1) is 10.1. The average molecular weight is 289 g/mol. The Hall–Kier alpha value is -2.17. The van der Waals surface area contributed by atoms with Crippen LogP contribution in [0, 0.1) is 5.92 Å². The number of rotatable bonds is 5. The lowest BCUT2D eigenvalue weighted by atomic mass is 9.83. The van der Waals surface area contributed by atoms with Crippen molar-refractivity contribution in [2.75, 3.05) is 0 Å². The number of hydrogen-bond acceptors (Lipinski definition) is 3. The number of hydrogen-bond donors (Lipinski definition) is 2. The van der Waals surface area contributed by atoms with Gasteiger partial charge in [0, 0.05) is 11.5 Å². The molecular weight excluding hydrogens is 270 g/mol. The van der Waals surface area contributed by atoms with Crippen LogP contribution in [0.3, 0.4) is 0 Å². The van der Waals surface area contributed by atoms with Crippen molar-refractivity contribution in [3.05, 3.63) is 35.9 Å². The zero-order valence-corrected chi connectivity index (χ0v) is 11.7. The highest BCUT2D eigenvalue weighted by Crippen LogP contribution is 2.25. The molecule has 21 heavy (non-hydrogen) atoms. The average Bonchev–Trinajstić information content (AvgIpc) is 2.53. The molecule has 1 aliphatic rings. The third kappa shape index (κ3) is 3.90. The monoisotopic (exact) mass is 289 g/mol. The van der Waals surface area contributed by atoms with Crippen LogP contribution in [0.4, 0.5) is 0 Å². The smallest absolute Gasteiger partial charge is 0.334 e. The molecule has 0 radical (unpaired) electrons. The Morgan fingerprint density at radius 3 is 2.24 bits per heavy atom. The molecule has 1 amide bonds. The van der Waals surface area contributed by atoms with Crippen LogP contribution >= 0.6 is 0 Å². The lowest BCUT2D eigenvalue weighted by Crippen LogP contribution is -2.49. The fraction of sp³-hybridized carbons (Fsp3) is 0.438. The summed E-state index contributed by atoms with van der Waals surface area (Å²) < 4.78 is 0. The molecule has 112 valence electrons. The van der Waals surface area contributed by atoms with Crippen LogP contribution in [0.15, 0.2) is 30.3 Å². The van der Waals surface area contributed by atoms with Gasteiger partial charge in [-0.05, 0) is 25.0 Å². The van der Waals surface area contributed by atoms with E-state index in [0.29, 0.717) is 18.4 Å². The lowest BCUT2D eigenvalue weighted by molar-refractivity contribution is -0.144. The highest BCUT2D eigenvalue weighted by Gasteiger charge is 2.34. The summed E-state index contributed by atoms with van der Waals surface area (Å²) in [5, 5.41) is 11.6. The van der Waals surface area contributed by atoms with Gasteiger partial charge in [0.25, 0.3) is 5.91 Å².